The van der Waals surface area contributed by atoms with Crippen LogP contribution in [0.4, 0.5) is 0 Å². The van der Waals surface area contributed by atoms with E-state index in [1.807, 2.05) is 35.2 Å². The number of piperidine rings is 1. The van der Waals surface area contributed by atoms with Crippen molar-refractivity contribution in [3.05, 3.63) is 48.3 Å². The number of hydrogen-bond donors (Lipinski definition) is 0. The second-order valence-electron chi connectivity index (χ2n) is 5.86. The van der Waals surface area contributed by atoms with Crippen LogP contribution in [0.1, 0.15) is 23.3 Å². The highest BCUT2D eigenvalue weighted by atomic mass is 16.5. The molecule has 6 nitrogen and oxygen atoms in total. The Morgan fingerprint density at radius 3 is 2.58 bits per heavy atom. The van der Waals surface area contributed by atoms with Gasteiger partial charge in [-0.25, -0.2) is 0 Å². The number of aromatic nitrogens is 2. The van der Waals surface area contributed by atoms with Crippen LogP contribution < -0.4 is 4.74 Å². The molecule has 0 bridgehead atoms. The predicted octanol–water partition coefficient (Wildman–Crippen LogP) is 2.12. The van der Waals surface area contributed by atoms with Gasteiger partial charge in [0.1, 0.15) is 18.1 Å². The zero-order valence-electron chi connectivity index (χ0n) is 13.9. The van der Waals surface area contributed by atoms with E-state index in [0.29, 0.717) is 32.0 Å². The Bertz CT molecular complexity index is 649. The van der Waals surface area contributed by atoms with Gasteiger partial charge in [-0.15, -0.1) is 0 Å². The van der Waals surface area contributed by atoms with Crippen LogP contribution in [0, 0.1) is 0 Å². The van der Waals surface area contributed by atoms with Crippen LogP contribution in [0.25, 0.3) is 0 Å². The SMILES string of the molecule is Cn1nccc1C(=O)N1CCC(OCCOc2ccccc2)CC1. The van der Waals surface area contributed by atoms with Gasteiger partial charge in [0.05, 0.1) is 12.7 Å². The number of nitrogens with zero attached hydrogens (tertiary/aromatic N) is 3. The van der Waals surface area contributed by atoms with Crippen molar-refractivity contribution in [1.82, 2.24) is 14.7 Å². The zero-order valence-corrected chi connectivity index (χ0v) is 13.9. The number of carbonyl (C=O) groups is 1. The number of rotatable bonds is 6. The average molecular weight is 329 g/mol. The maximum Gasteiger partial charge on any atom is 0.272 e. The lowest BCUT2D eigenvalue weighted by molar-refractivity contribution is -0.00258. The third-order valence-corrected chi connectivity index (χ3v) is 4.22. The molecule has 1 aromatic carbocycles. The lowest BCUT2D eigenvalue weighted by Gasteiger charge is -2.31. The minimum atomic E-state index is 0.0425. The highest BCUT2D eigenvalue weighted by molar-refractivity contribution is 5.92. The molecule has 0 radical (unpaired) electrons. The van der Waals surface area contributed by atoms with E-state index in [0.717, 1.165) is 18.6 Å². The Labute approximate surface area is 142 Å². The van der Waals surface area contributed by atoms with Crippen molar-refractivity contribution in [3.8, 4) is 5.75 Å². The summed E-state index contributed by atoms with van der Waals surface area (Å²) in [5.74, 6) is 0.901. The van der Waals surface area contributed by atoms with E-state index in [9.17, 15) is 4.79 Å². The van der Waals surface area contributed by atoms with Gasteiger partial charge in [0, 0.05) is 26.3 Å². The van der Waals surface area contributed by atoms with E-state index in [4.69, 9.17) is 9.47 Å². The van der Waals surface area contributed by atoms with Crippen molar-refractivity contribution in [2.75, 3.05) is 26.3 Å². The number of ether oxygens (including phenoxy) is 2. The molecule has 0 aliphatic carbocycles. The van der Waals surface area contributed by atoms with Crippen LogP contribution in [0.15, 0.2) is 42.6 Å². The molecule has 1 fully saturated rings. The second kappa shape index (κ2) is 7.97. The van der Waals surface area contributed by atoms with Crippen molar-refractivity contribution in [3.63, 3.8) is 0 Å². The summed E-state index contributed by atoms with van der Waals surface area (Å²) in [7, 11) is 1.79. The topological polar surface area (TPSA) is 56.6 Å². The lowest BCUT2D eigenvalue weighted by atomic mass is 10.1. The highest BCUT2D eigenvalue weighted by Crippen LogP contribution is 2.16. The minimum Gasteiger partial charge on any atom is -0.491 e. The van der Waals surface area contributed by atoms with E-state index in [1.54, 1.807) is 24.0 Å². The first kappa shape index (κ1) is 16.5. The van der Waals surface area contributed by atoms with Gasteiger partial charge in [-0.1, -0.05) is 18.2 Å². The first-order chi connectivity index (χ1) is 11.7. The van der Waals surface area contributed by atoms with E-state index in [1.165, 1.54) is 0 Å². The third-order valence-electron chi connectivity index (χ3n) is 4.22. The molecule has 6 heteroatoms. The summed E-state index contributed by atoms with van der Waals surface area (Å²) in [5, 5.41) is 4.05. The average Bonchev–Trinajstić information content (AvgIpc) is 3.05. The monoisotopic (exact) mass is 329 g/mol. The van der Waals surface area contributed by atoms with Gasteiger partial charge in [0.25, 0.3) is 5.91 Å². The Kier molecular flexibility index (Phi) is 5.48. The molecule has 1 aliphatic heterocycles. The molecule has 128 valence electrons. The summed E-state index contributed by atoms with van der Waals surface area (Å²) in [4.78, 5) is 14.3. The largest absolute Gasteiger partial charge is 0.491 e. The fraction of sp³-hybridized carbons (Fsp3) is 0.444. The molecular formula is C18H23N3O3. The van der Waals surface area contributed by atoms with Crippen LogP contribution in [0.3, 0.4) is 0 Å². The summed E-state index contributed by atoms with van der Waals surface area (Å²) in [6.45, 7) is 2.54. The van der Waals surface area contributed by atoms with Crippen molar-refractivity contribution in [2.45, 2.75) is 18.9 Å². The minimum absolute atomic E-state index is 0.0425. The number of benzene rings is 1. The predicted molar refractivity (Wildman–Crippen MR) is 90.0 cm³/mol. The maximum atomic E-state index is 12.4. The quantitative estimate of drug-likeness (QED) is 0.762. The molecule has 1 aliphatic rings. The van der Waals surface area contributed by atoms with Crippen molar-refractivity contribution < 1.29 is 14.3 Å². The smallest absolute Gasteiger partial charge is 0.272 e. The van der Waals surface area contributed by atoms with Crippen LogP contribution in [0.5, 0.6) is 5.75 Å². The first-order valence-corrected chi connectivity index (χ1v) is 8.31. The Hall–Kier alpha value is -2.34. The van der Waals surface area contributed by atoms with Gasteiger partial charge in [-0.05, 0) is 31.0 Å². The van der Waals surface area contributed by atoms with Crippen molar-refractivity contribution in [2.24, 2.45) is 7.05 Å². The van der Waals surface area contributed by atoms with Gasteiger partial charge in [0.15, 0.2) is 0 Å². The molecule has 24 heavy (non-hydrogen) atoms. The summed E-state index contributed by atoms with van der Waals surface area (Å²) >= 11 is 0. The van der Waals surface area contributed by atoms with Gasteiger partial charge in [-0.2, -0.15) is 5.10 Å². The summed E-state index contributed by atoms with van der Waals surface area (Å²) in [6, 6.07) is 11.5. The third kappa shape index (κ3) is 4.14. The molecule has 0 atom stereocenters. The molecular weight excluding hydrogens is 306 g/mol. The Morgan fingerprint density at radius 1 is 1.17 bits per heavy atom. The van der Waals surface area contributed by atoms with E-state index in [2.05, 4.69) is 5.10 Å². The molecule has 1 amide bonds. The second-order valence-corrected chi connectivity index (χ2v) is 5.86. The summed E-state index contributed by atoms with van der Waals surface area (Å²) < 4.78 is 13.1. The van der Waals surface area contributed by atoms with Gasteiger partial charge >= 0.3 is 0 Å². The Morgan fingerprint density at radius 2 is 1.92 bits per heavy atom. The van der Waals surface area contributed by atoms with Crippen LogP contribution >= 0.6 is 0 Å². The lowest BCUT2D eigenvalue weighted by Crippen LogP contribution is -2.41. The molecule has 1 aromatic heterocycles. The standard InChI is InChI=1S/C18H23N3O3/c1-20-17(7-10-19-20)18(22)21-11-8-16(9-12-21)24-14-13-23-15-5-3-2-4-6-15/h2-7,10,16H,8-9,11-14H2,1H3. The summed E-state index contributed by atoms with van der Waals surface area (Å²) in [5.41, 5.74) is 0.630. The molecule has 1 saturated heterocycles. The number of hydrogen-bond acceptors (Lipinski definition) is 4. The number of amides is 1. The fourth-order valence-corrected chi connectivity index (χ4v) is 2.86. The van der Waals surface area contributed by atoms with E-state index >= 15 is 0 Å². The van der Waals surface area contributed by atoms with Crippen LogP contribution in [-0.2, 0) is 11.8 Å². The van der Waals surface area contributed by atoms with E-state index in [-0.39, 0.29) is 12.0 Å². The first-order valence-electron chi connectivity index (χ1n) is 8.31. The van der Waals surface area contributed by atoms with Crippen molar-refractivity contribution in [1.29, 1.82) is 0 Å². The highest BCUT2D eigenvalue weighted by Gasteiger charge is 2.25. The number of carbonyl (C=O) groups excluding carboxylic acids is 1. The maximum absolute atomic E-state index is 12.4. The molecule has 2 heterocycles. The molecule has 0 spiro atoms. The molecule has 3 rings (SSSR count). The molecule has 2 aromatic rings. The normalized spacial score (nSPS) is 15.5. The van der Waals surface area contributed by atoms with Crippen molar-refractivity contribution >= 4 is 5.91 Å². The number of para-hydroxylation sites is 1. The molecule has 0 unspecified atom stereocenters. The summed E-state index contributed by atoms with van der Waals surface area (Å²) in [6.07, 6.45) is 3.56. The zero-order chi connectivity index (χ0) is 16.8. The van der Waals surface area contributed by atoms with Crippen LogP contribution in [0.2, 0.25) is 0 Å². The molecule has 0 N–H and O–H groups in total. The van der Waals surface area contributed by atoms with Crippen LogP contribution in [-0.4, -0.2) is 53.0 Å². The van der Waals surface area contributed by atoms with Gasteiger partial charge in [0.2, 0.25) is 0 Å². The molecule has 0 saturated carbocycles. The van der Waals surface area contributed by atoms with Gasteiger partial charge < -0.3 is 14.4 Å². The number of aryl methyl sites for hydroxylation is 1. The number of likely N-dealkylation sites (tertiary alicyclic amines) is 1. The van der Waals surface area contributed by atoms with Gasteiger partial charge in [-0.3, -0.25) is 9.48 Å². The van der Waals surface area contributed by atoms with E-state index < -0.39 is 0 Å². The Balaban J connectivity index is 1.36. The fourth-order valence-electron chi connectivity index (χ4n) is 2.86.